The van der Waals surface area contributed by atoms with Crippen molar-refractivity contribution in [3.63, 3.8) is 0 Å². The molecule has 0 bridgehead atoms. The Morgan fingerprint density at radius 1 is 1.30 bits per heavy atom. The SMILES string of the molecule is CN(C)C(=O)C[C@@H]1C[C@@H]2c3cc(NC(=O)c4cccnc4)ccc3O[C@@H]2[C@@H](CO)O1. The van der Waals surface area contributed by atoms with Crippen molar-refractivity contribution >= 4 is 17.5 Å². The summed E-state index contributed by atoms with van der Waals surface area (Å²) in [5.74, 6) is 0.423. The maximum Gasteiger partial charge on any atom is 0.257 e. The van der Waals surface area contributed by atoms with Gasteiger partial charge in [-0.2, -0.15) is 0 Å². The van der Waals surface area contributed by atoms with Gasteiger partial charge in [-0.15, -0.1) is 0 Å². The highest BCUT2D eigenvalue weighted by Crippen LogP contribution is 2.47. The smallest absolute Gasteiger partial charge is 0.257 e. The van der Waals surface area contributed by atoms with E-state index in [0.717, 1.165) is 5.56 Å². The van der Waals surface area contributed by atoms with Crippen LogP contribution in [0.15, 0.2) is 42.7 Å². The summed E-state index contributed by atoms with van der Waals surface area (Å²) in [6.07, 6.45) is 2.85. The van der Waals surface area contributed by atoms with Gasteiger partial charge in [0.1, 0.15) is 18.0 Å². The molecule has 4 rings (SSSR count). The zero-order valence-electron chi connectivity index (χ0n) is 16.9. The van der Waals surface area contributed by atoms with E-state index >= 15 is 0 Å². The topological polar surface area (TPSA) is 101 Å². The van der Waals surface area contributed by atoms with Crippen LogP contribution in [0, 0.1) is 0 Å². The zero-order chi connectivity index (χ0) is 21.3. The first-order valence-electron chi connectivity index (χ1n) is 9.94. The molecule has 0 saturated carbocycles. The van der Waals surface area contributed by atoms with Crippen molar-refractivity contribution in [2.75, 3.05) is 26.0 Å². The Kier molecular flexibility index (Phi) is 5.69. The van der Waals surface area contributed by atoms with Crippen molar-refractivity contribution in [3.05, 3.63) is 53.9 Å². The normalized spacial score (nSPS) is 24.4. The van der Waals surface area contributed by atoms with Gasteiger partial charge in [0.15, 0.2) is 0 Å². The van der Waals surface area contributed by atoms with Gasteiger partial charge in [0, 0.05) is 43.7 Å². The monoisotopic (exact) mass is 411 g/mol. The van der Waals surface area contributed by atoms with Gasteiger partial charge in [0.25, 0.3) is 5.91 Å². The van der Waals surface area contributed by atoms with E-state index in [-0.39, 0.29) is 43.0 Å². The summed E-state index contributed by atoms with van der Waals surface area (Å²) >= 11 is 0. The summed E-state index contributed by atoms with van der Waals surface area (Å²) in [5, 5.41) is 12.7. The minimum atomic E-state index is -0.510. The third-order valence-corrected chi connectivity index (χ3v) is 5.58. The van der Waals surface area contributed by atoms with E-state index in [1.54, 1.807) is 38.5 Å². The largest absolute Gasteiger partial charge is 0.487 e. The second-order valence-corrected chi connectivity index (χ2v) is 7.84. The summed E-state index contributed by atoms with van der Waals surface area (Å²) in [4.78, 5) is 30.1. The number of pyridine rings is 1. The minimum absolute atomic E-state index is 0.0215. The van der Waals surface area contributed by atoms with E-state index < -0.39 is 6.10 Å². The molecule has 1 saturated heterocycles. The minimum Gasteiger partial charge on any atom is -0.487 e. The third kappa shape index (κ3) is 4.01. The standard InChI is InChI=1S/C22H25N3O5/c1-25(2)20(27)10-15-9-17-16-8-14(24-22(28)13-4-3-7-23-11-13)5-6-18(16)30-21(17)19(12-26)29-15/h3-8,11,15,17,19,21,26H,9-10,12H2,1-2H3,(H,24,28)/t15-,17+,19+,21-/m0/s1. The molecule has 1 aromatic carbocycles. The fourth-order valence-electron chi connectivity index (χ4n) is 4.04. The Labute approximate surface area is 174 Å². The quantitative estimate of drug-likeness (QED) is 0.778. The first-order chi connectivity index (χ1) is 14.5. The molecule has 2 N–H and O–H groups in total. The molecule has 2 aliphatic rings. The Bertz CT molecular complexity index is 934. The summed E-state index contributed by atoms with van der Waals surface area (Å²) in [5.41, 5.74) is 2.08. The van der Waals surface area contributed by atoms with E-state index in [1.165, 1.54) is 11.1 Å². The van der Waals surface area contributed by atoms with Gasteiger partial charge < -0.3 is 24.8 Å². The average Bonchev–Trinajstić information content (AvgIpc) is 3.11. The number of anilines is 1. The molecule has 0 unspecified atom stereocenters. The van der Waals surface area contributed by atoms with Crippen LogP contribution in [0.3, 0.4) is 0 Å². The molecule has 30 heavy (non-hydrogen) atoms. The molecule has 2 aromatic rings. The predicted molar refractivity (Wildman–Crippen MR) is 109 cm³/mol. The van der Waals surface area contributed by atoms with Crippen LogP contribution in [0.2, 0.25) is 0 Å². The number of benzene rings is 1. The molecule has 158 valence electrons. The molecule has 0 radical (unpaired) electrons. The molecule has 2 aliphatic heterocycles. The molecule has 4 atom stereocenters. The van der Waals surface area contributed by atoms with Gasteiger partial charge in [-0.05, 0) is 36.8 Å². The Morgan fingerprint density at radius 2 is 2.13 bits per heavy atom. The molecule has 8 heteroatoms. The van der Waals surface area contributed by atoms with Crippen LogP contribution in [0.5, 0.6) is 5.75 Å². The zero-order valence-corrected chi connectivity index (χ0v) is 16.9. The van der Waals surface area contributed by atoms with Crippen LogP contribution >= 0.6 is 0 Å². The van der Waals surface area contributed by atoms with Crippen molar-refractivity contribution in [2.45, 2.75) is 37.1 Å². The lowest BCUT2D eigenvalue weighted by Crippen LogP contribution is -2.47. The molecule has 3 heterocycles. The van der Waals surface area contributed by atoms with Crippen molar-refractivity contribution in [1.29, 1.82) is 0 Å². The number of aromatic nitrogens is 1. The van der Waals surface area contributed by atoms with Crippen LogP contribution in [-0.4, -0.2) is 65.8 Å². The molecular weight excluding hydrogens is 386 g/mol. The van der Waals surface area contributed by atoms with E-state index in [1.807, 2.05) is 12.1 Å². The first-order valence-corrected chi connectivity index (χ1v) is 9.94. The second kappa shape index (κ2) is 8.41. The number of amides is 2. The molecule has 1 fully saturated rings. The van der Waals surface area contributed by atoms with Crippen LogP contribution in [0.1, 0.15) is 34.7 Å². The Hall–Kier alpha value is -2.97. The summed E-state index contributed by atoms with van der Waals surface area (Å²) in [6, 6.07) is 8.92. The number of hydrogen-bond acceptors (Lipinski definition) is 6. The van der Waals surface area contributed by atoms with Crippen LogP contribution < -0.4 is 10.1 Å². The Morgan fingerprint density at radius 3 is 2.83 bits per heavy atom. The number of rotatable bonds is 5. The van der Waals surface area contributed by atoms with E-state index in [4.69, 9.17) is 9.47 Å². The van der Waals surface area contributed by atoms with Crippen LogP contribution in [-0.2, 0) is 9.53 Å². The van der Waals surface area contributed by atoms with Crippen molar-refractivity contribution in [2.24, 2.45) is 0 Å². The van der Waals surface area contributed by atoms with Crippen molar-refractivity contribution in [3.8, 4) is 5.75 Å². The first kappa shape index (κ1) is 20.3. The van der Waals surface area contributed by atoms with Crippen LogP contribution in [0.25, 0.3) is 0 Å². The molecule has 2 amide bonds. The number of aliphatic hydroxyl groups is 1. The number of nitrogens with zero attached hydrogens (tertiary/aromatic N) is 2. The number of aliphatic hydroxyl groups excluding tert-OH is 1. The predicted octanol–water partition coefficient (Wildman–Crippen LogP) is 1.81. The maximum absolute atomic E-state index is 12.5. The molecule has 0 aliphatic carbocycles. The van der Waals surface area contributed by atoms with Gasteiger partial charge >= 0.3 is 0 Å². The lowest BCUT2D eigenvalue weighted by Gasteiger charge is -2.37. The van der Waals surface area contributed by atoms with E-state index in [9.17, 15) is 14.7 Å². The number of ether oxygens (including phenoxy) is 2. The fourth-order valence-corrected chi connectivity index (χ4v) is 4.04. The highest BCUT2D eigenvalue weighted by molar-refractivity contribution is 6.04. The molecule has 0 spiro atoms. The number of fused-ring (bicyclic) bond motifs is 3. The number of hydrogen-bond donors (Lipinski definition) is 2. The fraction of sp³-hybridized carbons (Fsp3) is 0.409. The van der Waals surface area contributed by atoms with Gasteiger partial charge in [0.05, 0.1) is 24.7 Å². The van der Waals surface area contributed by atoms with E-state index in [0.29, 0.717) is 23.4 Å². The lowest BCUT2D eigenvalue weighted by molar-refractivity contribution is -0.147. The summed E-state index contributed by atoms with van der Waals surface area (Å²) in [6.45, 7) is -0.188. The summed E-state index contributed by atoms with van der Waals surface area (Å²) < 4.78 is 12.0. The van der Waals surface area contributed by atoms with Gasteiger partial charge in [-0.1, -0.05) is 0 Å². The van der Waals surface area contributed by atoms with E-state index in [2.05, 4.69) is 10.3 Å². The number of carbonyl (C=O) groups is 2. The van der Waals surface area contributed by atoms with Crippen LogP contribution in [0.4, 0.5) is 5.69 Å². The van der Waals surface area contributed by atoms with Gasteiger partial charge in [-0.25, -0.2) is 0 Å². The van der Waals surface area contributed by atoms with Gasteiger partial charge in [0.2, 0.25) is 5.91 Å². The number of nitrogens with one attached hydrogen (secondary N) is 1. The third-order valence-electron chi connectivity index (χ3n) is 5.58. The Balaban J connectivity index is 1.54. The molecular formula is C22H25N3O5. The molecule has 1 aromatic heterocycles. The van der Waals surface area contributed by atoms with Crippen molar-refractivity contribution in [1.82, 2.24) is 9.88 Å². The molecule has 8 nitrogen and oxygen atoms in total. The average molecular weight is 411 g/mol. The summed E-state index contributed by atoms with van der Waals surface area (Å²) in [7, 11) is 3.42. The highest BCUT2D eigenvalue weighted by Gasteiger charge is 2.46. The lowest BCUT2D eigenvalue weighted by atomic mass is 9.84. The van der Waals surface area contributed by atoms with Gasteiger partial charge in [-0.3, -0.25) is 14.6 Å². The second-order valence-electron chi connectivity index (χ2n) is 7.84. The van der Waals surface area contributed by atoms with Crippen molar-refractivity contribution < 1.29 is 24.2 Å². The maximum atomic E-state index is 12.5. The highest BCUT2D eigenvalue weighted by atomic mass is 16.6. The number of carbonyl (C=O) groups excluding carboxylic acids is 2.